The molecule has 3 heterocycles. The number of hydrogen-bond acceptors (Lipinski definition) is 4. The minimum Gasteiger partial charge on any atom is -0.307 e. The first kappa shape index (κ1) is 38.1. The third kappa shape index (κ3) is 5.81. The van der Waals surface area contributed by atoms with E-state index in [0.29, 0.717) is 17.5 Å². The summed E-state index contributed by atoms with van der Waals surface area (Å²) >= 11 is 1.84. The third-order valence-corrected chi connectivity index (χ3v) is 15.4. The second-order valence-corrected chi connectivity index (χ2v) is 19.4. The summed E-state index contributed by atoms with van der Waals surface area (Å²) in [6.07, 6.45) is 0. The lowest BCUT2D eigenvalue weighted by Crippen LogP contribution is -2.15. The average Bonchev–Trinajstić information content (AvgIpc) is 4.01. The predicted octanol–water partition coefficient (Wildman–Crippen LogP) is 16.6. The molecule has 3 aromatic heterocycles. The maximum atomic E-state index is 5.33. The molecule has 0 N–H and O–H groups in total. The molecule has 0 bridgehead atoms. The van der Waals surface area contributed by atoms with E-state index in [4.69, 9.17) is 15.0 Å². The Hall–Kier alpha value is -8.25. The van der Waals surface area contributed by atoms with Gasteiger partial charge in [0.15, 0.2) is 17.5 Å². The Bertz CT molecular complexity index is 4200. The van der Waals surface area contributed by atoms with E-state index in [1.807, 2.05) is 11.3 Å². The van der Waals surface area contributed by atoms with Crippen LogP contribution in [-0.2, 0) is 5.41 Å². The molecule has 67 heavy (non-hydrogen) atoms. The van der Waals surface area contributed by atoms with Gasteiger partial charge in [-0.15, -0.1) is 11.3 Å². The topological polar surface area (TPSA) is 43.6 Å². The van der Waals surface area contributed by atoms with Crippen LogP contribution in [0.3, 0.4) is 0 Å². The van der Waals surface area contributed by atoms with Crippen molar-refractivity contribution in [2.24, 2.45) is 0 Å². The Morgan fingerprint density at radius 3 is 1.85 bits per heavy atom. The summed E-state index contributed by atoms with van der Waals surface area (Å²) in [5.41, 5.74) is 13.9. The Labute approximate surface area is 391 Å². The van der Waals surface area contributed by atoms with Gasteiger partial charge in [-0.25, -0.2) is 15.0 Å². The number of para-hydroxylation sites is 1. The number of aromatic nitrogens is 4. The van der Waals surface area contributed by atoms with Crippen LogP contribution in [0.2, 0.25) is 0 Å². The van der Waals surface area contributed by atoms with E-state index in [1.54, 1.807) is 0 Å². The van der Waals surface area contributed by atoms with Crippen molar-refractivity contribution >= 4 is 74.9 Å². The van der Waals surface area contributed by atoms with Crippen molar-refractivity contribution in [2.45, 2.75) is 19.3 Å². The summed E-state index contributed by atoms with van der Waals surface area (Å²) in [6.45, 7) is 4.64. The molecule has 1 aliphatic carbocycles. The minimum atomic E-state index is -0.160. The fourth-order valence-corrected chi connectivity index (χ4v) is 12.1. The molecule has 1 aliphatic rings. The highest BCUT2D eigenvalue weighted by Gasteiger charge is 2.35. The van der Waals surface area contributed by atoms with Gasteiger partial charge in [0.25, 0.3) is 0 Å². The highest BCUT2D eigenvalue weighted by molar-refractivity contribution is 7.26. The molecule has 0 spiro atoms. The van der Waals surface area contributed by atoms with Gasteiger partial charge in [-0.3, -0.25) is 0 Å². The van der Waals surface area contributed by atoms with Gasteiger partial charge in [0.05, 0.1) is 21.4 Å². The molecule has 0 aliphatic heterocycles. The molecule has 10 aromatic carbocycles. The SMILES string of the molecule is CC1(C)c2ccccc2-c2ccc(-c3nc(-c4ccc5ccc(-c6ccccc6)cc5c4)nc(-c4ccc5c(c4)sc4c(-n6c7ccccc7c7ccc8ccccc8c76)cccc45)n3)cc21. The monoisotopic (exact) mass is 872 g/mol. The highest BCUT2D eigenvalue weighted by atomic mass is 32.1. The molecule has 0 radical (unpaired) electrons. The number of nitrogens with zero attached hydrogens (tertiary/aromatic N) is 4. The summed E-state index contributed by atoms with van der Waals surface area (Å²) in [7, 11) is 0. The Kier molecular flexibility index (Phi) is 8.17. The van der Waals surface area contributed by atoms with Gasteiger partial charge in [0.1, 0.15) is 0 Å². The maximum absolute atomic E-state index is 5.33. The second-order valence-electron chi connectivity index (χ2n) is 18.4. The van der Waals surface area contributed by atoms with Crippen molar-refractivity contribution in [1.29, 1.82) is 0 Å². The largest absolute Gasteiger partial charge is 0.307 e. The first-order valence-electron chi connectivity index (χ1n) is 22.9. The predicted molar refractivity (Wildman–Crippen MR) is 281 cm³/mol. The molecule has 5 heteroatoms. The lowest BCUT2D eigenvalue weighted by atomic mass is 9.82. The Balaban J connectivity index is 0.952. The smallest absolute Gasteiger partial charge is 0.164 e. The summed E-state index contributed by atoms with van der Waals surface area (Å²) in [6, 6.07) is 74.8. The fraction of sp³-hybridized carbons (Fsp3) is 0.0484. The highest BCUT2D eigenvalue weighted by Crippen LogP contribution is 2.50. The molecule has 0 amide bonds. The van der Waals surface area contributed by atoms with E-state index in [9.17, 15) is 0 Å². The van der Waals surface area contributed by atoms with Crippen molar-refractivity contribution in [3.63, 3.8) is 0 Å². The lowest BCUT2D eigenvalue weighted by molar-refractivity contribution is 0.660. The molecule has 0 fully saturated rings. The summed E-state index contributed by atoms with van der Waals surface area (Å²) in [5, 5.41) is 9.76. The van der Waals surface area contributed by atoms with Crippen molar-refractivity contribution < 1.29 is 0 Å². The summed E-state index contributed by atoms with van der Waals surface area (Å²) in [4.78, 5) is 15.9. The maximum Gasteiger partial charge on any atom is 0.164 e. The van der Waals surface area contributed by atoms with E-state index < -0.39 is 0 Å². The number of fused-ring (bicyclic) bond motifs is 12. The van der Waals surface area contributed by atoms with Crippen LogP contribution in [-0.4, -0.2) is 19.5 Å². The van der Waals surface area contributed by atoms with E-state index in [2.05, 4.69) is 225 Å². The quantitative estimate of drug-likeness (QED) is 0.173. The number of thiophene rings is 1. The molecule has 314 valence electrons. The van der Waals surface area contributed by atoms with Crippen LogP contribution in [0.4, 0.5) is 0 Å². The van der Waals surface area contributed by atoms with Crippen molar-refractivity contribution in [3.8, 4) is 62.1 Å². The van der Waals surface area contributed by atoms with Crippen LogP contribution in [0.5, 0.6) is 0 Å². The zero-order valence-corrected chi connectivity index (χ0v) is 37.6. The fourth-order valence-electron chi connectivity index (χ4n) is 10.9. The Morgan fingerprint density at radius 1 is 0.388 bits per heavy atom. The van der Waals surface area contributed by atoms with Gasteiger partial charge in [0.2, 0.25) is 0 Å². The first-order chi connectivity index (χ1) is 32.9. The van der Waals surface area contributed by atoms with Crippen LogP contribution < -0.4 is 0 Å². The molecule has 0 atom stereocenters. The van der Waals surface area contributed by atoms with Crippen LogP contribution in [0.25, 0.3) is 126 Å². The standard InChI is InChI=1S/C62H40N4S/c1-62(2)52-20-10-8-17-46(52)47-30-28-42(35-53(47)62)60-63-59(41-26-24-38-23-25-40(33-44(38)34-41)37-13-4-3-5-14-37)64-61(65-60)43-29-31-49-51-19-12-22-55(58(51)67-56(49)36-43)66-54-21-11-9-18-48(54)50-32-27-39-15-6-7-16-45(39)57(50)66/h3-36H,1-2H3. The average molecular weight is 873 g/mol. The zero-order chi connectivity index (χ0) is 44.4. The van der Waals surface area contributed by atoms with E-state index in [1.165, 1.54) is 97.2 Å². The normalized spacial score (nSPS) is 13.0. The Morgan fingerprint density at radius 2 is 1.00 bits per heavy atom. The van der Waals surface area contributed by atoms with E-state index >= 15 is 0 Å². The van der Waals surface area contributed by atoms with Gasteiger partial charge in [-0.05, 0) is 85.9 Å². The second kappa shape index (κ2) is 14.4. The third-order valence-electron chi connectivity index (χ3n) is 14.2. The van der Waals surface area contributed by atoms with Gasteiger partial charge < -0.3 is 4.57 Å². The molecule has 0 saturated carbocycles. The molecule has 4 nitrogen and oxygen atoms in total. The van der Waals surface area contributed by atoms with Gasteiger partial charge in [-0.1, -0.05) is 184 Å². The number of benzene rings is 10. The molecule has 13 aromatic rings. The molecular formula is C62H40N4S. The number of hydrogen-bond donors (Lipinski definition) is 0. The van der Waals surface area contributed by atoms with E-state index in [-0.39, 0.29) is 5.41 Å². The van der Waals surface area contributed by atoms with Crippen molar-refractivity contribution in [2.75, 3.05) is 0 Å². The first-order valence-corrected chi connectivity index (χ1v) is 23.7. The van der Waals surface area contributed by atoms with Crippen LogP contribution in [0.15, 0.2) is 206 Å². The van der Waals surface area contributed by atoms with Crippen molar-refractivity contribution in [1.82, 2.24) is 19.5 Å². The van der Waals surface area contributed by atoms with Gasteiger partial charge >= 0.3 is 0 Å². The van der Waals surface area contributed by atoms with Crippen LogP contribution in [0.1, 0.15) is 25.0 Å². The van der Waals surface area contributed by atoms with Crippen LogP contribution >= 0.6 is 11.3 Å². The zero-order valence-electron chi connectivity index (χ0n) is 36.8. The van der Waals surface area contributed by atoms with Gasteiger partial charge in [0, 0.05) is 53.7 Å². The summed E-state index contributed by atoms with van der Waals surface area (Å²) < 4.78 is 4.92. The van der Waals surface area contributed by atoms with Gasteiger partial charge in [-0.2, -0.15) is 0 Å². The molecule has 0 saturated heterocycles. The minimum absolute atomic E-state index is 0.160. The molecular weight excluding hydrogens is 833 g/mol. The summed E-state index contributed by atoms with van der Waals surface area (Å²) in [5.74, 6) is 1.95. The van der Waals surface area contributed by atoms with E-state index in [0.717, 1.165) is 22.1 Å². The van der Waals surface area contributed by atoms with Crippen molar-refractivity contribution in [3.05, 3.63) is 217 Å². The molecule has 0 unspecified atom stereocenters. The lowest BCUT2D eigenvalue weighted by Gasteiger charge is -2.21. The molecule has 14 rings (SSSR count). The van der Waals surface area contributed by atoms with Crippen LogP contribution in [0, 0.1) is 0 Å². The number of rotatable bonds is 5.